The second-order valence-electron chi connectivity index (χ2n) is 5.46. The molecule has 0 spiro atoms. The smallest absolute Gasteiger partial charge is 0.326 e. The SMILES string of the molecule is CSCCC(NC(=O)CNC(=O)C(C)NC(=O)C(N)CC(N)=O)C(=O)O. The van der Waals surface area contributed by atoms with Gasteiger partial charge < -0.3 is 32.5 Å². The van der Waals surface area contributed by atoms with Crippen LogP contribution in [0.3, 0.4) is 0 Å². The minimum Gasteiger partial charge on any atom is -0.480 e. The molecule has 3 atom stereocenters. The Morgan fingerprint density at radius 1 is 1.12 bits per heavy atom. The fourth-order valence-corrected chi connectivity index (χ4v) is 2.23. The number of primary amides is 1. The normalized spacial score (nSPS) is 13.8. The molecule has 12 heteroatoms. The Hall–Kier alpha value is -2.34. The lowest BCUT2D eigenvalue weighted by molar-refractivity contribution is -0.141. The van der Waals surface area contributed by atoms with Crippen LogP contribution in [0.2, 0.25) is 0 Å². The molecule has 0 rings (SSSR count). The number of hydrogen-bond acceptors (Lipinski definition) is 7. The first-order chi connectivity index (χ1) is 12.1. The number of nitrogens with two attached hydrogens (primary N) is 2. The van der Waals surface area contributed by atoms with Crippen LogP contribution in [0.5, 0.6) is 0 Å². The van der Waals surface area contributed by atoms with Crippen molar-refractivity contribution in [2.75, 3.05) is 18.6 Å². The van der Waals surface area contributed by atoms with E-state index in [1.54, 1.807) is 0 Å². The molecule has 0 heterocycles. The molecule has 0 aliphatic heterocycles. The Bertz CT molecular complexity index is 544. The third-order valence-electron chi connectivity index (χ3n) is 3.18. The highest BCUT2D eigenvalue weighted by Crippen LogP contribution is 2.00. The van der Waals surface area contributed by atoms with E-state index in [2.05, 4.69) is 16.0 Å². The van der Waals surface area contributed by atoms with Gasteiger partial charge in [0.2, 0.25) is 23.6 Å². The molecule has 3 unspecified atom stereocenters. The lowest BCUT2D eigenvalue weighted by Gasteiger charge is -2.17. The molecule has 8 N–H and O–H groups in total. The van der Waals surface area contributed by atoms with Crippen LogP contribution in [0.15, 0.2) is 0 Å². The number of carbonyl (C=O) groups excluding carboxylic acids is 4. The lowest BCUT2D eigenvalue weighted by atomic mass is 10.2. The van der Waals surface area contributed by atoms with E-state index < -0.39 is 54.3 Å². The first-order valence-electron chi connectivity index (χ1n) is 7.71. The topological polar surface area (TPSA) is 194 Å². The van der Waals surface area contributed by atoms with Gasteiger partial charge in [-0.1, -0.05) is 0 Å². The van der Waals surface area contributed by atoms with Crippen LogP contribution in [-0.2, 0) is 24.0 Å². The number of carbonyl (C=O) groups is 5. The van der Waals surface area contributed by atoms with Gasteiger partial charge in [-0.05, 0) is 25.4 Å². The number of thioether (sulfide) groups is 1. The predicted molar refractivity (Wildman–Crippen MR) is 95.0 cm³/mol. The quantitative estimate of drug-likeness (QED) is 0.204. The second-order valence-corrected chi connectivity index (χ2v) is 6.45. The van der Waals surface area contributed by atoms with Crippen molar-refractivity contribution < 1.29 is 29.1 Å². The Morgan fingerprint density at radius 2 is 1.73 bits per heavy atom. The van der Waals surface area contributed by atoms with Gasteiger partial charge in [0, 0.05) is 0 Å². The highest BCUT2D eigenvalue weighted by atomic mass is 32.2. The molecule has 0 bridgehead atoms. The average Bonchev–Trinajstić information content (AvgIpc) is 2.55. The minimum atomic E-state index is -1.18. The van der Waals surface area contributed by atoms with E-state index in [0.29, 0.717) is 5.75 Å². The number of hydrogen-bond donors (Lipinski definition) is 6. The predicted octanol–water partition coefficient (Wildman–Crippen LogP) is -2.87. The van der Waals surface area contributed by atoms with Gasteiger partial charge in [-0.15, -0.1) is 0 Å². The Balaban J connectivity index is 4.37. The third kappa shape index (κ3) is 9.84. The molecule has 148 valence electrons. The zero-order valence-corrected chi connectivity index (χ0v) is 15.4. The summed E-state index contributed by atoms with van der Waals surface area (Å²) in [6.07, 6.45) is 1.70. The summed E-state index contributed by atoms with van der Waals surface area (Å²) in [7, 11) is 0. The van der Waals surface area contributed by atoms with Gasteiger partial charge in [0.15, 0.2) is 0 Å². The third-order valence-corrected chi connectivity index (χ3v) is 3.82. The summed E-state index contributed by atoms with van der Waals surface area (Å²) in [5, 5.41) is 15.9. The molecule has 26 heavy (non-hydrogen) atoms. The Kier molecular flexibility index (Phi) is 11.0. The van der Waals surface area contributed by atoms with Crippen LogP contribution in [0.4, 0.5) is 0 Å². The summed E-state index contributed by atoms with van der Waals surface area (Å²) in [4.78, 5) is 57.0. The maximum atomic E-state index is 11.9. The molecule has 0 saturated carbocycles. The number of aliphatic carboxylic acids is 1. The summed E-state index contributed by atoms with van der Waals surface area (Å²) in [6.45, 7) is 0.913. The van der Waals surface area contributed by atoms with E-state index in [-0.39, 0.29) is 12.8 Å². The largest absolute Gasteiger partial charge is 0.480 e. The zero-order chi connectivity index (χ0) is 20.3. The molecule has 0 aromatic rings. The number of carboxylic acids is 1. The highest BCUT2D eigenvalue weighted by molar-refractivity contribution is 7.98. The summed E-state index contributed by atoms with van der Waals surface area (Å²) in [5.41, 5.74) is 10.4. The Labute approximate surface area is 155 Å². The molecule has 0 fully saturated rings. The molecule has 0 aromatic heterocycles. The zero-order valence-electron chi connectivity index (χ0n) is 14.6. The van der Waals surface area contributed by atoms with Crippen molar-refractivity contribution in [2.45, 2.75) is 37.9 Å². The van der Waals surface area contributed by atoms with Crippen molar-refractivity contribution in [1.29, 1.82) is 0 Å². The van der Waals surface area contributed by atoms with Crippen LogP contribution >= 0.6 is 11.8 Å². The summed E-state index contributed by atoms with van der Waals surface area (Å²) < 4.78 is 0. The van der Waals surface area contributed by atoms with Crippen molar-refractivity contribution in [2.24, 2.45) is 11.5 Å². The van der Waals surface area contributed by atoms with Crippen molar-refractivity contribution in [3.8, 4) is 0 Å². The summed E-state index contributed by atoms with van der Waals surface area (Å²) in [6, 6.07) is -3.24. The molecule has 0 aliphatic carbocycles. The fraction of sp³-hybridized carbons (Fsp3) is 0.643. The summed E-state index contributed by atoms with van der Waals surface area (Å²) in [5.74, 6) is -3.44. The van der Waals surface area contributed by atoms with Gasteiger partial charge in [-0.2, -0.15) is 11.8 Å². The van der Waals surface area contributed by atoms with E-state index in [0.717, 1.165) is 0 Å². The van der Waals surface area contributed by atoms with Gasteiger partial charge in [0.25, 0.3) is 0 Å². The van der Waals surface area contributed by atoms with Crippen molar-refractivity contribution in [1.82, 2.24) is 16.0 Å². The molecule has 0 radical (unpaired) electrons. The van der Waals surface area contributed by atoms with Crippen LogP contribution in [-0.4, -0.2) is 71.4 Å². The number of rotatable bonds is 12. The molecule has 0 aliphatic rings. The molecule has 0 saturated heterocycles. The standard InChI is InChI=1S/C14H25N5O6S/c1-7(18-13(23)8(15)5-10(16)20)12(22)17-6-11(21)19-9(14(24)25)3-4-26-2/h7-9H,3-6,15H2,1-2H3,(H2,16,20)(H,17,22)(H,18,23)(H,19,21)(H,24,25). The molecular weight excluding hydrogens is 366 g/mol. The first-order valence-corrected chi connectivity index (χ1v) is 9.10. The van der Waals surface area contributed by atoms with Crippen LogP contribution in [0.25, 0.3) is 0 Å². The maximum absolute atomic E-state index is 11.9. The highest BCUT2D eigenvalue weighted by Gasteiger charge is 2.23. The maximum Gasteiger partial charge on any atom is 0.326 e. The Morgan fingerprint density at radius 3 is 2.23 bits per heavy atom. The monoisotopic (exact) mass is 391 g/mol. The number of amides is 4. The van der Waals surface area contributed by atoms with Gasteiger partial charge in [-0.25, -0.2) is 4.79 Å². The molecule has 11 nitrogen and oxygen atoms in total. The molecular formula is C14H25N5O6S. The minimum absolute atomic E-state index is 0.250. The van der Waals surface area contributed by atoms with E-state index in [4.69, 9.17) is 16.6 Å². The van der Waals surface area contributed by atoms with Crippen LogP contribution < -0.4 is 27.4 Å². The summed E-state index contributed by atoms with van der Waals surface area (Å²) >= 11 is 1.44. The van der Waals surface area contributed by atoms with Crippen LogP contribution in [0, 0.1) is 0 Å². The fourth-order valence-electron chi connectivity index (χ4n) is 1.75. The number of nitrogens with one attached hydrogen (secondary N) is 3. The average molecular weight is 391 g/mol. The van der Waals surface area contributed by atoms with Gasteiger partial charge in [0.05, 0.1) is 19.0 Å². The molecule has 0 aromatic carbocycles. The number of carboxylic acid groups (broad SMARTS) is 1. The van der Waals surface area contributed by atoms with E-state index >= 15 is 0 Å². The molecule has 4 amide bonds. The van der Waals surface area contributed by atoms with Gasteiger partial charge >= 0.3 is 5.97 Å². The van der Waals surface area contributed by atoms with E-state index in [9.17, 15) is 24.0 Å². The van der Waals surface area contributed by atoms with E-state index in [1.807, 2.05) is 6.26 Å². The second kappa shape index (κ2) is 12.1. The van der Waals surface area contributed by atoms with Crippen molar-refractivity contribution in [3.63, 3.8) is 0 Å². The van der Waals surface area contributed by atoms with Crippen molar-refractivity contribution >= 4 is 41.4 Å². The lowest BCUT2D eigenvalue weighted by Crippen LogP contribution is -2.52. The first kappa shape index (κ1) is 23.7. The van der Waals surface area contributed by atoms with Gasteiger partial charge in [-0.3, -0.25) is 19.2 Å². The van der Waals surface area contributed by atoms with Gasteiger partial charge in [0.1, 0.15) is 12.1 Å². The van der Waals surface area contributed by atoms with Crippen molar-refractivity contribution in [3.05, 3.63) is 0 Å². The van der Waals surface area contributed by atoms with E-state index in [1.165, 1.54) is 18.7 Å². The van der Waals surface area contributed by atoms with Crippen LogP contribution in [0.1, 0.15) is 19.8 Å².